The predicted molar refractivity (Wildman–Crippen MR) is 81.7 cm³/mol. The first kappa shape index (κ1) is 14.1. The van der Waals surface area contributed by atoms with E-state index in [-0.39, 0.29) is 5.91 Å². The van der Waals surface area contributed by atoms with Crippen LogP contribution >= 0.6 is 0 Å². The summed E-state index contributed by atoms with van der Waals surface area (Å²) < 4.78 is 6.73. The van der Waals surface area contributed by atoms with Crippen LogP contribution in [0, 0.1) is 13.8 Å². The molecule has 0 unspecified atom stereocenters. The van der Waals surface area contributed by atoms with Crippen molar-refractivity contribution in [1.82, 2.24) is 14.7 Å². The molecule has 22 heavy (non-hydrogen) atoms. The zero-order valence-corrected chi connectivity index (χ0v) is 12.4. The molecule has 1 aromatic carbocycles. The third-order valence-corrected chi connectivity index (χ3v) is 3.22. The van der Waals surface area contributed by atoms with E-state index in [2.05, 4.69) is 15.5 Å². The summed E-state index contributed by atoms with van der Waals surface area (Å²) in [5.74, 6) is 0.877. The van der Waals surface area contributed by atoms with Gasteiger partial charge in [-0.2, -0.15) is 4.98 Å². The highest BCUT2D eigenvalue weighted by molar-refractivity contribution is 6.03. The summed E-state index contributed by atoms with van der Waals surface area (Å²) in [5, 5.41) is 6.74. The van der Waals surface area contributed by atoms with Gasteiger partial charge >= 0.3 is 0 Å². The number of carbonyl (C=O) groups excluding carboxylic acids is 1. The number of benzene rings is 1. The van der Waals surface area contributed by atoms with Crippen molar-refractivity contribution in [2.45, 2.75) is 20.4 Å². The average molecular weight is 296 g/mol. The van der Waals surface area contributed by atoms with Crippen LogP contribution in [0.4, 0.5) is 5.69 Å². The molecule has 1 amide bonds. The third-order valence-electron chi connectivity index (χ3n) is 3.22. The third kappa shape index (κ3) is 3.06. The molecule has 0 atom stereocenters. The number of anilines is 1. The Labute approximate surface area is 127 Å². The van der Waals surface area contributed by atoms with Crippen LogP contribution < -0.4 is 5.32 Å². The first-order chi connectivity index (χ1) is 10.6. The number of hydrogen-bond acceptors (Lipinski definition) is 4. The molecule has 0 aliphatic carbocycles. The maximum absolute atomic E-state index is 12.4. The fourth-order valence-electron chi connectivity index (χ4n) is 2.23. The topological polar surface area (TPSA) is 73.0 Å². The van der Waals surface area contributed by atoms with E-state index in [1.165, 1.54) is 0 Å². The van der Waals surface area contributed by atoms with E-state index in [0.29, 0.717) is 24.0 Å². The predicted octanol–water partition coefficient (Wildman–Crippen LogP) is 2.79. The Hall–Kier alpha value is -2.89. The monoisotopic (exact) mass is 296 g/mol. The second-order valence-electron chi connectivity index (χ2n) is 5.07. The van der Waals surface area contributed by atoms with Crippen LogP contribution in [0.25, 0.3) is 0 Å². The molecule has 6 heteroatoms. The quantitative estimate of drug-likeness (QED) is 0.803. The van der Waals surface area contributed by atoms with E-state index in [0.717, 1.165) is 11.3 Å². The molecule has 0 spiro atoms. The number of nitrogens with zero attached hydrogens (tertiary/aromatic N) is 3. The first-order valence-electron chi connectivity index (χ1n) is 6.94. The molecular formula is C16H16N4O2. The summed E-state index contributed by atoms with van der Waals surface area (Å²) in [4.78, 5) is 16.6. The average Bonchev–Trinajstić information content (AvgIpc) is 3.08. The van der Waals surface area contributed by atoms with Gasteiger partial charge in [0.25, 0.3) is 5.91 Å². The highest BCUT2D eigenvalue weighted by atomic mass is 16.5. The standard InChI is InChI=1S/C16H16N4O2/c1-11-5-3-6-13(9-11)18-16(21)14-7-4-8-20(14)10-15-17-12(2)22-19-15/h3-9H,10H2,1-2H3,(H,18,21). The summed E-state index contributed by atoms with van der Waals surface area (Å²) in [7, 11) is 0. The van der Waals surface area contributed by atoms with Crippen LogP contribution in [0.3, 0.4) is 0 Å². The molecule has 2 aromatic heterocycles. The van der Waals surface area contributed by atoms with Gasteiger partial charge < -0.3 is 14.4 Å². The van der Waals surface area contributed by atoms with Crippen molar-refractivity contribution in [3.8, 4) is 0 Å². The molecule has 1 N–H and O–H groups in total. The van der Waals surface area contributed by atoms with Crippen molar-refractivity contribution in [3.05, 3.63) is 65.6 Å². The SMILES string of the molecule is Cc1cccc(NC(=O)c2cccn2Cc2noc(C)n2)c1. The van der Waals surface area contributed by atoms with Gasteiger partial charge in [0.05, 0.1) is 6.54 Å². The van der Waals surface area contributed by atoms with Crippen molar-refractivity contribution in [3.63, 3.8) is 0 Å². The Bertz CT molecular complexity index is 804. The lowest BCUT2D eigenvalue weighted by Gasteiger charge is -2.08. The van der Waals surface area contributed by atoms with Gasteiger partial charge in [0.2, 0.25) is 5.89 Å². The summed E-state index contributed by atoms with van der Waals surface area (Å²) in [6.07, 6.45) is 1.82. The molecular weight excluding hydrogens is 280 g/mol. The molecule has 0 radical (unpaired) electrons. The molecule has 0 aliphatic heterocycles. The van der Waals surface area contributed by atoms with Gasteiger partial charge in [-0.25, -0.2) is 0 Å². The van der Waals surface area contributed by atoms with E-state index in [9.17, 15) is 4.79 Å². The largest absolute Gasteiger partial charge is 0.340 e. The van der Waals surface area contributed by atoms with Crippen molar-refractivity contribution in [2.24, 2.45) is 0 Å². The van der Waals surface area contributed by atoms with Gasteiger partial charge in [-0.1, -0.05) is 17.3 Å². The van der Waals surface area contributed by atoms with Crippen LogP contribution in [0.1, 0.15) is 27.8 Å². The molecule has 3 rings (SSSR count). The maximum atomic E-state index is 12.4. The van der Waals surface area contributed by atoms with Crippen LogP contribution in [-0.4, -0.2) is 20.6 Å². The maximum Gasteiger partial charge on any atom is 0.272 e. The van der Waals surface area contributed by atoms with Crippen LogP contribution in [0.2, 0.25) is 0 Å². The number of hydrogen-bond donors (Lipinski definition) is 1. The summed E-state index contributed by atoms with van der Waals surface area (Å²) in [6, 6.07) is 11.3. The fourth-order valence-corrected chi connectivity index (χ4v) is 2.23. The lowest BCUT2D eigenvalue weighted by atomic mass is 10.2. The van der Waals surface area contributed by atoms with Gasteiger partial charge in [-0.05, 0) is 36.8 Å². The molecule has 6 nitrogen and oxygen atoms in total. The molecule has 0 bridgehead atoms. The number of amides is 1. The van der Waals surface area contributed by atoms with Crippen molar-refractivity contribution >= 4 is 11.6 Å². The van der Waals surface area contributed by atoms with E-state index >= 15 is 0 Å². The Morgan fingerprint density at radius 3 is 2.86 bits per heavy atom. The van der Waals surface area contributed by atoms with Gasteiger partial charge in [-0.3, -0.25) is 4.79 Å². The molecule has 2 heterocycles. The minimum absolute atomic E-state index is 0.171. The minimum Gasteiger partial charge on any atom is -0.340 e. The molecule has 3 aromatic rings. The smallest absolute Gasteiger partial charge is 0.272 e. The van der Waals surface area contributed by atoms with Gasteiger partial charge in [0, 0.05) is 18.8 Å². The fraction of sp³-hybridized carbons (Fsp3) is 0.188. The van der Waals surface area contributed by atoms with E-state index in [1.54, 1.807) is 17.6 Å². The zero-order chi connectivity index (χ0) is 15.5. The highest BCUT2D eigenvalue weighted by Gasteiger charge is 2.13. The van der Waals surface area contributed by atoms with Crippen molar-refractivity contribution in [1.29, 1.82) is 0 Å². The summed E-state index contributed by atoms with van der Waals surface area (Å²) >= 11 is 0. The Kier molecular flexibility index (Phi) is 3.74. The van der Waals surface area contributed by atoms with Gasteiger partial charge in [-0.15, -0.1) is 0 Å². The normalized spacial score (nSPS) is 10.6. The lowest BCUT2D eigenvalue weighted by molar-refractivity contribution is 0.101. The van der Waals surface area contributed by atoms with E-state index < -0.39 is 0 Å². The molecule has 0 aliphatic rings. The summed E-state index contributed by atoms with van der Waals surface area (Å²) in [6.45, 7) is 4.11. The van der Waals surface area contributed by atoms with Crippen LogP contribution in [0.15, 0.2) is 47.1 Å². The molecule has 0 fully saturated rings. The van der Waals surface area contributed by atoms with Gasteiger partial charge in [0.15, 0.2) is 5.82 Å². The van der Waals surface area contributed by atoms with Crippen LogP contribution in [-0.2, 0) is 6.54 Å². The Morgan fingerprint density at radius 1 is 1.27 bits per heavy atom. The summed E-state index contributed by atoms with van der Waals surface area (Å²) in [5.41, 5.74) is 2.41. The zero-order valence-electron chi connectivity index (χ0n) is 12.4. The molecule has 0 saturated heterocycles. The number of aryl methyl sites for hydroxylation is 2. The number of rotatable bonds is 4. The van der Waals surface area contributed by atoms with Gasteiger partial charge in [0.1, 0.15) is 5.69 Å². The first-order valence-corrected chi connectivity index (χ1v) is 6.94. The Balaban J connectivity index is 1.77. The second-order valence-corrected chi connectivity index (χ2v) is 5.07. The minimum atomic E-state index is -0.171. The molecule has 0 saturated carbocycles. The van der Waals surface area contributed by atoms with Crippen LogP contribution in [0.5, 0.6) is 0 Å². The van der Waals surface area contributed by atoms with E-state index in [1.807, 2.05) is 43.5 Å². The second kappa shape index (κ2) is 5.85. The number of carbonyl (C=O) groups is 1. The number of nitrogens with one attached hydrogen (secondary N) is 1. The molecule has 112 valence electrons. The van der Waals surface area contributed by atoms with Crippen molar-refractivity contribution in [2.75, 3.05) is 5.32 Å². The number of aromatic nitrogens is 3. The van der Waals surface area contributed by atoms with E-state index in [4.69, 9.17) is 4.52 Å². The lowest BCUT2D eigenvalue weighted by Crippen LogP contribution is -2.17. The highest BCUT2D eigenvalue weighted by Crippen LogP contribution is 2.13. The van der Waals surface area contributed by atoms with Crippen molar-refractivity contribution < 1.29 is 9.32 Å². The Morgan fingerprint density at radius 2 is 2.14 bits per heavy atom.